The highest BCUT2D eigenvalue weighted by molar-refractivity contribution is 7.12. The molecule has 6 heteroatoms. The topological polar surface area (TPSA) is 75.6 Å². The van der Waals surface area contributed by atoms with Crippen LogP contribution in [-0.4, -0.2) is 30.1 Å². The molecule has 1 unspecified atom stereocenters. The average Bonchev–Trinajstić information content (AvgIpc) is 2.98. The molecular weight excluding hydrogens is 338 g/mol. The first-order chi connectivity index (χ1) is 12.0. The third-order valence-electron chi connectivity index (χ3n) is 3.74. The van der Waals surface area contributed by atoms with Crippen molar-refractivity contribution in [3.63, 3.8) is 0 Å². The molecule has 0 aliphatic rings. The summed E-state index contributed by atoms with van der Waals surface area (Å²) in [5.74, 6) is -0.967. The Morgan fingerprint density at radius 1 is 1.20 bits per heavy atom. The van der Waals surface area contributed by atoms with E-state index in [0.717, 1.165) is 21.1 Å². The molecule has 2 N–H and O–H groups in total. The molecule has 1 atom stereocenters. The Kier molecular flexibility index (Phi) is 7.01. The number of thiophene rings is 1. The van der Waals surface area contributed by atoms with Gasteiger partial charge in [0.1, 0.15) is 5.75 Å². The summed E-state index contributed by atoms with van der Waals surface area (Å²) >= 11 is 1.58. The largest absolute Gasteiger partial charge is 0.494 e. The third-order valence-corrected chi connectivity index (χ3v) is 4.74. The summed E-state index contributed by atoms with van der Waals surface area (Å²) in [6.45, 7) is 4.61. The van der Waals surface area contributed by atoms with E-state index >= 15 is 0 Å². The van der Waals surface area contributed by atoms with Gasteiger partial charge in [0.2, 0.25) is 5.91 Å². The highest BCUT2D eigenvalue weighted by Gasteiger charge is 2.19. The van der Waals surface area contributed by atoms with Crippen LogP contribution in [0.3, 0.4) is 0 Å². The number of carbonyl (C=O) groups excluding carboxylic acids is 1. The first kappa shape index (κ1) is 19.0. The molecule has 0 radical (unpaired) electrons. The molecule has 1 heterocycles. The lowest BCUT2D eigenvalue weighted by atomic mass is 9.99. The van der Waals surface area contributed by atoms with Gasteiger partial charge in [0, 0.05) is 16.3 Å². The van der Waals surface area contributed by atoms with Gasteiger partial charge >= 0.3 is 5.97 Å². The summed E-state index contributed by atoms with van der Waals surface area (Å²) in [4.78, 5) is 25.6. The second kappa shape index (κ2) is 9.22. The minimum absolute atomic E-state index is 0.117. The lowest BCUT2D eigenvalue weighted by molar-refractivity contribution is -0.141. The Labute approximate surface area is 151 Å². The van der Waals surface area contributed by atoms with Gasteiger partial charge in [-0.3, -0.25) is 9.59 Å². The number of hydrogen-bond donors (Lipinski definition) is 2. The number of hydrogen-bond acceptors (Lipinski definition) is 4. The lowest BCUT2D eigenvalue weighted by Gasteiger charge is -2.14. The van der Waals surface area contributed by atoms with E-state index in [4.69, 9.17) is 4.74 Å². The number of carboxylic acid groups (broad SMARTS) is 1. The van der Waals surface area contributed by atoms with Crippen molar-refractivity contribution >= 4 is 23.2 Å². The standard InChI is InChI=1S/C19H23NO4S/c1-3-24-16-7-5-14(6-8-16)10-15(19(22)23)12-20-18(21)11-17-9-4-13(2)25-17/h4-9,15H,3,10-12H2,1-2H3,(H,20,21)(H,22,23). The molecule has 0 spiro atoms. The highest BCUT2D eigenvalue weighted by Crippen LogP contribution is 2.17. The summed E-state index contributed by atoms with van der Waals surface area (Å²) in [7, 11) is 0. The molecule has 5 nitrogen and oxygen atoms in total. The monoisotopic (exact) mass is 361 g/mol. The fourth-order valence-corrected chi connectivity index (χ4v) is 3.35. The fraction of sp³-hybridized carbons (Fsp3) is 0.368. The molecule has 0 aliphatic carbocycles. The second-order valence-corrected chi connectivity index (χ2v) is 7.18. The van der Waals surface area contributed by atoms with Gasteiger partial charge in [0.25, 0.3) is 0 Å². The Bertz CT molecular complexity index is 708. The zero-order valence-electron chi connectivity index (χ0n) is 14.5. The van der Waals surface area contributed by atoms with Gasteiger partial charge < -0.3 is 15.2 Å². The minimum Gasteiger partial charge on any atom is -0.494 e. The SMILES string of the molecule is CCOc1ccc(CC(CNC(=O)Cc2ccc(C)s2)C(=O)O)cc1. The quantitative estimate of drug-likeness (QED) is 0.720. The first-order valence-electron chi connectivity index (χ1n) is 8.24. The number of amides is 1. The molecule has 1 aromatic heterocycles. The number of carboxylic acids is 1. The molecule has 0 bridgehead atoms. The van der Waals surface area contributed by atoms with Gasteiger partial charge in [-0.25, -0.2) is 0 Å². The van der Waals surface area contributed by atoms with Crippen molar-refractivity contribution in [2.24, 2.45) is 5.92 Å². The maximum Gasteiger partial charge on any atom is 0.308 e. The molecule has 0 fully saturated rings. The van der Waals surface area contributed by atoms with E-state index in [1.807, 2.05) is 50.2 Å². The van der Waals surface area contributed by atoms with Gasteiger partial charge in [0.05, 0.1) is 18.9 Å². The molecular formula is C19H23NO4S. The van der Waals surface area contributed by atoms with Gasteiger partial charge in [-0.15, -0.1) is 11.3 Å². The Morgan fingerprint density at radius 3 is 2.48 bits per heavy atom. The van der Waals surface area contributed by atoms with Crippen LogP contribution in [0, 0.1) is 12.8 Å². The Morgan fingerprint density at radius 2 is 1.92 bits per heavy atom. The van der Waals surface area contributed by atoms with Gasteiger partial charge in [0.15, 0.2) is 0 Å². The van der Waals surface area contributed by atoms with E-state index in [2.05, 4.69) is 5.32 Å². The van der Waals surface area contributed by atoms with E-state index in [0.29, 0.717) is 13.0 Å². The zero-order chi connectivity index (χ0) is 18.2. The number of nitrogens with one attached hydrogen (secondary N) is 1. The Balaban J connectivity index is 1.87. The number of ether oxygens (including phenoxy) is 1. The number of carbonyl (C=O) groups is 2. The maximum absolute atomic E-state index is 12.0. The van der Waals surface area contributed by atoms with Crippen molar-refractivity contribution in [1.29, 1.82) is 0 Å². The van der Waals surface area contributed by atoms with Gasteiger partial charge in [-0.05, 0) is 50.1 Å². The van der Waals surface area contributed by atoms with Crippen LogP contribution in [0.2, 0.25) is 0 Å². The van der Waals surface area contributed by atoms with Crippen molar-refractivity contribution in [2.75, 3.05) is 13.2 Å². The molecule has 2 rings (SSSR count). The zero-order valence-corrected chi connectivity index (χ0v) is 15.3. The predicted octanol–water partition coefficient (Wildman–Crippen LogP) is 3.06. The molecule has 0 saturated carbocycles. The van der Waals surface area contributed by atoms with Crippen LogP contribution in [0.1, 0.15) is 22.2 Å². The maximum atomic E-state index is 12.0. The smallest absolute Gasteiger partial charge is 0.308 e. The fourth-order valence-electron chi connectivity index (χ4n) is 2.46. The van der Waals surface area contributed by atoms with E-state index in [-0.39, 0.29) is 18.9 Å². The molecule has 0 aliphatic heterocycles. The van der Waals surface area contributed by atoms with Crippen LogP contribution in [0.15, 0.2) is 36.4 Å². The summed E-state index contributed by atoms with van der Waals surface area (Å²) in [5.41, 5.74) is 0.902. The van der Waals surface area contributed by atoms with Crippen molar-refractivity contribution in [3.05, 3.63) is 51.7 Å². The second-order valence-electron chi connectivity index (χ2n) is 5.81. The van der Waals surface area contributed by atoms with Crippen molar-refractivity contribution < 1.29 is 19.4 Å². The third kappa shape index (κ3) is 6.23. The van der Waals surface area contributed by atoms with Crippen LogP contribution in [-0.2, 0) is 22.4 Å². The van der Waals surface area contributed by atoms with Crippen LogP contribution >= 0.6 is 11.3 Å². The molecule has 25 heavy (non-hydrogen) atoms. The lowest BCUT2D eigenvalue weighted by Crippen LogP contribution is -2.34. The number of aliphatic carboxylic acids is 1. The summed E-state index contributed by atoms with van der Waals surface area (Å²) in [6.07, 6.45) is 0.647. The molecule has 1 amide bonds. The van der Waals surface area contributed by atoms with Crippen molar-refractivity contribution in [1.82, 2.24) is 5.32 Å². The van der Waals surface area contributed by atoms with Gasteiger partial charge in [-0.1, -0.05) is 12.1 Å². The van der Waals surface area contributed by atoms with Crippen molar-refractivity contribution in [3.8, 4) is 5.75 Å². The normalized spacial score (nSPS) is 11.8. The summed E-state index contributed by atoms with van der Waals surface area (Å²) in [6, 6.07) is 11.3. The van der Waals surface area contributed by atoms with Crippen LogP contribution in [0.25, 0.3) is 0 Å². The number of aryl methyl sites for hydroxylation is 1. The van der Waals surface area contributed by atoms with E-state index < -0.39 is 11.9 Å². The molecule has 0 saturated heterocycles. The van der Waals surface area contributed by atoms with Crippen LogP contribution in [0.4, 0.5) is 0 Å². The predicted molar refractivity (Wildman–Crippen MR) is 98.2 cm³/mol. The van der Waals surface area contributed by atoms with E-state index in [9.17, 15) is 14.7 Å². The molecule has 2 aromatic rings. The number of benzene rings is 1. The van der Waals surface area contributed by atoms with Gasteiger partial charge in [-0.2, -0.15) is 0 Å². The van der Waals surface area contributed by atoms with Crippen LogP contribution < -0.4 is 10.1 Å². The molecule has 1 aromatic carbocycles. The summed E-state index contributed by atoms with van der Waals surface area (Å²) in [5, 5.41) is 12.1. The number of rotatable bonds is 9. The Hall–Kier alpha value is -2.34. The average molecular weight is 361 g/mol. The summed E-state index contributed by atoms with van der Waals surface area (Å²) < 4.78 is 5.38. The highest BCUT2D eigenvalue weighted by atomic mass is 32.1. The first-order valence-corrected chi connectivity index (χ1v) is 9.06. The van der Waals surface area contributed by atoms with Crippen molar-refractivity contribution in [2.45, 2.75) is 26.7 Å². The van der Waals surface area contributed by atoms with Crippen LogP contribution in [0.5, 0.6) is 5.75 Å². The van der Waals surface area contributed by atoms with E-state index in [1.54, 1.807) is 11.3 Å². The molecule has 134 valence electrons. The minimum atomic E-state index is -0.916. The van der Waals surface area contributed by atoms with E-state index in [1.165, 1.54) is 0 Å².